The summed E-state index contributed by atoms with van der Waals surface area (Å²) in [6.45, 7) is 5.80. The number of carbonyl (C=O) groups excluding carboxylic acids is 1. The fraction of sp³-hybridized carbons (Fsp3) is 0.375. The number of hydrogen-bond donors (Lipinski definition) is 2. The molecule has 0 radical (unpaired) electrons. The third-order valence-corrected chi connectivity index (χ3v) is 5.96. The minimum Gasteiger partial charge on any atom is -0.352 e. The lowest BCUT2D eigenvalue weighted by Crippen LogP contribution is -2.40. The van der Waals surface area contributed by atoms with Crippen LogP contribution in [0.1, 0.15) is 35.7 Å². The molecule has 162 valence electrons. The Hall–Kier alpha value is -3.19. The summed E-state index contributed by atoms with van der Waals surface area (Å²) in [5.41, 5.74) is 1.64. The molecule has 0 bridgehead atoms. The van der Waals surface area contributed by atoms with Crippen LogP contribution < -0.4 is 16.4 Å². The molecule has 1 saturated heterocycles. The highest BCUT2D eigenvalue weighted by Crippen LogP contribution is 2.18. The van der Waals surface area contributed by atoms with Crippen molar-refractivity contribution in [3.63, 3.8) is 0 Å². The van der Waals surface area contributed by atoms with Gasteiger partial charge >= 0.3 is 11.1 Å². The predicted molar refractivity (Wildman–Crippen MR) is 121 cm³/mol. The second-order valence-electron chi connectivity index (χ2n) is 8.17. The molecule has 7 heteroatoms. The summed E-state index contributed by atoms with van der Waals surface area (Å²) in [6, 6.07) is 15.5. The molecule has 2 heterocycles. The smallest absolute Gasteiger partial charge is 0.316 e. The quantitative estimate of drug-likeness (QED) is 0.600. The van der Waals surface area contributed by atoms with E-state index in [1.54, 1.807) is 18.2 Å². The Kier molecular flexibility index (Phi) is 6.32. The summed E-state index contributed by atoms with van der Waals surface area (Å²) in [7, 11) is 0. The second kappa shape index (κ2) is 9.31. The van der Waals surface area contributed by atoms with Gasteiger partial charge in [0.25, 0.3) is 5.91 Å². The van der Waals surface area contributed by atoms with Crippen molar-refractivity contribution in [3.8, 4) is 0 Å². The highest BCUT2D eigenvalue weighted by Gasteiger charge is 2.21. The van der Waals surface area contributed by atoms with Gasteiger partial charge in [0.05, 0.1) is 11.0 Å². The fourth-order valence-electron chi connectivity index (χ4n) is 4.38. The lowest BCUT2D eigenvalue weighted by Gasteiger charge is -2.32. The summed E-state index contributed by atoms with van der Waals surface area (Å²) >= 11 is 0. The van der Waals surface area contributed by atoms with Gasteiger partial charge in [0, 0.05) is 31.7 Å². The summed E-state index contributed by atoms with van der Waals surface area (Å²) in [5, 5.41) is 3.05. The largest absolute Gasteiger partial charge is 0.352 e. The summed E-state index contributed by atoms with van der Waals surface area (Å²) in [5.74, 6) is 0.240. The van der Waals surface area contributed by atoms with Crippen LogP contribution in [-0.4, -0.2) is 40.0 Å². The average molecular weight is 421 g/mol. The molecule has 0 spiro atoms. The number of aryl methyl sites for hydroxylation is 1. The zero-order valence-corrected chi connectivity index (χ0v) is 17.8. The fourth-order valence-corrected chi connectivity index (χ4v) is 4.38. The number of benzene rings is 2. The summed E-state index contributed by atoms with van der Waals surface area (Å²) in [6.07, 6.45) is 2.22. The third-order valence-electron chi connectivity index (χ3n) is 5.96. The molecule has 2 aromatic carbocycles. The standard InChI is InChI=1S/C24H28N4O3/c1-2-28-21-11-10-19(13-20(21)26-23(30)24(28)31)22(29)25-14-18-9-6-12-27(16-18)15-17-7-4-3-5-8-17/h3-5,7-8,10-11,13,18H,2,6,9,12,14-16H2,1H3,(H,25,29)(H,26,30). The highest BCUT2D eigenvalue weighted by molar-refractivity contribution is 5.97. The van der Waals surface area contributed by atoms with Crippen LogP contribution in [0.3, 0.4) is 0 Å². The van der Waals surface area contributed by atoms with Crippen molar-refractivity contribution < 1.29 is 4.79 Å². The molecule has 1 atom stereocenters. The van der Waals surface area contributed by atoms with E-state index < -0.39 is 11.1 Å². The van der Waals surface area contributed by atoms with E-state index in [-0.39, 0.29) is 5.91 Å². The van der Waals surface area contributed by atoms with Crippen LogP contribution in [0.15, 0.2) is 58.1 Å². The molecule has 4 rings (SSSR count). The Balaban J connectivity index is 1.40. The minimum absolute atomic E-state index is 0.169. The second-order valence-corrected chi connectivity index (χ2v) is 8.17. The molecule has 2 N–H and O–H groups in total. The maximum atomic E-state index is 12.7. The third kappa shape index (κ3) is 4.77. The van der Waals surface area contributed by atoms with Crippen molar-refractivity contribution in [1.82, 2.24) is 19.8 Å². The van der Waals surface area contributed by atoms with E-state index >= 15 is 0 Å². The van der Waals surface area contributed by atoms with E-state index in [4.69, 9.17) is 0 Å². The van der Waals surface area contributed by atoms with Crippen LogP contribution in [0.5, 0.6) is 0 Å². The number of hydrogen-bond acceptors (Lipinski definition) is 4. The van der Waals surface area contributed by atoms with Crippen LogP contribution in [0.25, 0.3) is 11.0 Å². The monoisotopic (exact) mass is 420 g/mol. The number of rotatable bonds is 6. The molecule has 1 unspecified atom stereocenters. The number of carbonyl (C=O) groups is 1. The molecule has 3 aromatic rings. The lowest BCUT2D eigenvalue weighted by atomic mass is 9.97. The van der Waals surface area contributed by atoms with Gasteiger partial charge in [-0.3, -0.25) is 19.3 Å². The number of fused-ring (bicyclic) bond motifs is 1. The van der Waals surface area contributed by atoms with Crippen molar-refractivity contribution in [2.24, 2.45) is 5.92 Å². The molecule has 0 saturated carbocycles. The van der Waals surface area contributed by atoms with E-state index in [1.807, 2.05) is 13.0 Å². The summed E-state index contributed by atoms with van der Waals surface area (Å²) < 4.78 is 1.42. The molecule has 1 aromatic heterocycles. The molecule has 1 amide bonds. The molecule has 1 aliphatic rings. The Morgan fingerprint density at radius 1 is 1.16 bits per heavy atom. The van der Waals surface area contributed by atoms with Gasteiger partial charge in [0.1, 0.15) is 0 Å². The van der Waals surface area contributed by atoms with Gasteiger partial charge in [-0.05, 0) is 56.0 Å². The van der Waals surface area contributed by atoms with Crippen LogP contribution in [-0.2, 0) is 13.1 Å². The van der Waals surface area contributed by atoms with E-state index in [2.05, 4.69) is 39.5 Å². The first-order chi connectivity index (χ1) is 15.0. The molecule has 1 aliphatic heterocycles. The predicted octanol–water partition coefficient (Wildman–Crippen LogP) is 2.35. The minimum atomic E-state index is -0.673. The molecule has 7 nitrogen and oxygen atoms in total. The Morgan fingerprint density at radius 2 is 1.97 bits per heavy atom. The number of piperidine rings is 1. The van der Waals surface area contributed by atoms with Crippen LogP contribution in [0, 0.1) is 5.92 Å². The average Bonchev–Trinajstić information content (AvgIpc) is 2.79. The SMILES string of the molecule is CCn1c(=O)c(=O)[nH]c2cc(C(=O)NCC3CCCN(Cc4ccccc4)C3)ccc21. The van der Waals surface area contributed by atoms with Gasteiger partial charge in [0.15, 0.2) is 0 Å². The van der Waals surface area contributed by atoms with Gasteiger partial charge in [-0.25, -0.2) is 0 Å². The number of nitrogens with zero attached hydrogens (tertiary/aromatic N) is 2. The molecule has 0 aliphatic carbocycles. The summed E-state index contributed by atoms with van der Waals surface area (Å²) in [4.78, 5) is 41.6. The van der Waals surface area contributed by atoms with E-state index in [0.29, 0.717) is 35.6 Å². The first-order valence-corrected chi connectivity index (χ1v) is 10.9. The number of amides is 1. The van der Waals surface area contributed by atoms with E-state index in [9.17, 15) is 14.4 Å². The van der Waals surface area contributed by atoms with Gasteiger partial charge < -0.3 is 14.9 Å². The molecule has 1 fully saturated rings. The Morgan fingerprint density at radius 3 is 2.74 bits per heavy atom. The number of aromatic nitrogens is 2. The molecular weight excluding hydrogens is 392 g/mol. The van der Waals surface area contributed by atoms with E-state index in [0.717, 1.165) is 32.5 Å². The number of likely N-dealkylation sites (tertiary alicyclic amines) is 1. The van der Waals surface area contributed by atoms with Crippen LogP contribution in [0.4, 0.5) is 0 Å². The maximum Gasteiger partial charge on any atom is 0.316 e. The van der Waals surface area contributed by atoms with Gasteiger partial charge in [-0.2, -0.15) is 0 Å². The molecular formula is C24H28N4O3. The van der Waals surface area contributed by atoms with Crippen molar-refractivity contribution in [2.75, 3.05) is 19.6 Å². The number of aromatic amines is 1. The van der Waals surface area contributed by atoms with Crippen LogP contribution in [0.2, 0.25) is 0 Å². The topological polar surface area (TPSA) is 87.2 Å². The first-order valence-electron chi connectivity index (χ1n) is 10.9. The normalized spacial score (nSPS) is 17.0. The zero-order chi connectivity index (χ0) is 21.8. The highest BCUT2D eigenvalue weighted by atomic mass is 16.2. The zero-order valence-electron chi connectivity index (χ0n) is 17.8. The van der Waals surface area contributed by atoms with Crippen molar-refractivity contribution in [2.45, 2.75) is 32.9 Å². The lowest BCUT2D eigenvalue weighted by molar-refractivity contribution is 0.0930. The molecule has 31 heavy (non-hydrogen) atoms. The first kappa shape index (κ1) is 21.1. The van der Waals surface area contributed by atoms with Crippen molar-refractivity contribution in [3.05, 3.63) is 80.4 Å². The Labute approximate surface area is 180 Å². The Bertz CT molecular complexity index is 1180. The van der Waals surface area contributed by atoms with Crippen molar-refractivity contribution >= 4 is 16.9 Å². The van der Waals surface area contributed by atoms with Crippen LogP contribution >= 0.6 is 0 Å². The van der Waals surface area contributed by atoms with Gasteiger partial charge in [-0.1, -0.05) is 30.3 Å². The number of H-pyrrole nitrogens is 1. The number of nitrogens with one attached hydrogen (secondary N) is 2. The van der Waals surface area contributed by atoms with Crippen molar-refractivity contribution in [1.29, 1.82) is 0 Å². The van der Waals surface area contributed by atoms with E-state index in [1.165, 1.54) is 10.1 Å². The van der Waals surface area contributed by atoms with Gasteiger partial charge in [0.2, 0.25) is 0 Å². The maximum absolute atomic E-state index is 12.7. The van der Waals surface area contributed by atoms with Gasteiger partial charge in [-0.15, -0.1) is 0 Å².